The molecule has 0 amide bonds. The van der Waals surface area contributed by atoms with Crippen LogP contribution in [0.15, 0.2) is 18.2 Å². The lowest BCUT2D eigenvalue weighted by Crippen LogP contribution is -2.36. The summed E-state index contributed by atoms with van der Waals surface area (Å²) in [7, 11) is 0. The summed E-state index contributed by atoms with van der Waals surface area (Å²) in [4.78, 5) is 3.08. The number of H-pyrrole nitrogens is 1. The number of tetrazole rings is 1. The Morgan fingerprint density at radius 3 is 2.73 bits per heavy atom. The van der Waals surface area contributed by atoms with Gasteiger partial charge in [0, 0.05) is 18.7 Å². The molecule has 1 saturated heterocycles. The van der Waals surface area contributed by atoms with E-state index in [-0.39, 0.29) is 0 Å². The Labute approximate surface area is 155 Å². The van der Waals surface area contributed by atoms with Gasteiger partial charge in [-0.25, -0.2) is 0 Å². The summed E-state index contributed by atoms with van der Waals surface area (Å²) < 4.78 is 5.46. The zero-order chi connectivity index (χ0) is 18.1. The molecule has 0 bridgehead atoms. The van der Waals surface area contributed by atoms with Gasteiger partial charge in [0.25, 0.3) is 0 Å². The highest BCUT2D eigenvalue weighted by Gasteiger charge is 2.27. The second-order valence-electron chi connectivity index (χ2n) is 6.25. The summed E-state index contributed by atoms with van der Waals surface area (Å²) in [5.41, 5.74) is 4.90. The SMILES string of the molecule is Cc1ccc(-c2c(-c3nn[nH]n3)sc(N3CCOCC3)c2C#N)c(C)c1. The third kappa shape index (κ3) is 2.85. The van der Waals surface area contributed by atoms with E-state index in [4.69, 9.17) is 4.74 Å². The number of aromatic amines is 1. The molecule has 3 heterocycles. The van der Waals surface area contributed by atoms with Crippen LogP contribution in [0.3, 0.4) is 0 Å². The van der Waals surface area contributed by atoms with Crippen LogP contribution in [0.1, 0.15) is 16.7 Å². The third-order valence-corrected chi connectivity index (χ3v) is 5.75. The zero-order valence-corrected chi connectivity index (χ0v) is 15.4. The molecule has 7 nitrogen and oxygen atoms in total. The van der Waals surface area contributed by atoms with Gasteiger partial charge in [-0.15, -0.1) is 21.5 Å². The molecule has 0 unspecified atom stereocenters. The van der Waals surface area contributed by atoms with Crippen molar-refractivity contribution in [3.63, 3.8) is 0 Å². The van der Waals surface area contributed by atoms with Crippen LogP contribution in [0.5, 0.6) is 0 Å². The largest absolute Gasteiger partial charge is 0.378 e. The molecule has 0 aliphatic carbocycles. The monoisotopic (exact) mass is 366 g/mol. The minimum absolute atomic E-state index is 0.515. The molecule has 1 aliphatic rings. The van der Waals surface area contributed by atoms with Crippen molar-refractivity contribution in [1.82, 2.24) is 20.6 Å². The van der Waals surface area contributed by atoms with E-state index in [1.54, 1.807) is 11.3 Å². The van der Waals surface area contributed by atoms with E-state index in [1.165, 1.54) is 5.56 Å². The smallest absolute Gasteiger partial charge is 0.215 e. The van der Waals surface area contributed by atoms with E-state index in [9.17, 15) is 5.26 Å². The fourth-order valence-corrected chi connectivity index (χ4v) is 4.53. The number of nitriles is 1. The van der Waals surface area contributed by atoms with Crippen LogP contribution < -0.4 is 4.90 Å². The first-order valence-corrected chi connectivity index (χ1v) is 9.21. The molecule has 2 aromatic heterocycles. The standard InChI is InChI=1S/C18H18N6OS/c1-11-3-4-13(12(2)9-11)15-14(10-19)18(24-5-7-25-8-6-24)26-16(15)17-20-22-23-21-17/h3-4,9H,5-8H2,1-2H3,(H,20,21,22,23). The molecule has 1 aromatic carbocycles. The number of hydrogen-bond donors (Lipinski definition) is 1. The summed E-state index contributed by atoms with van der Waals surface area (Å²) >= 11 is 1.55. The molecule has 0 atom stereocenters. The topological polar surface area (TPSA) is 90.7 Å². The molecule has 3 aromatic rings. The zero-order valence-electron chi connectivity index (χ0n) is 14.6. The lowest BCUT2D eigenvalue weighted by Gasteiger charge is -2.27. The first-order valence-electron chi connectivity index (χ1n) is 8.40. The number of hydrogen-bond acceptors (Lipinski definition) is 7. The maximum atomic E-state index is 9.98. The predicted molar refractivity (Wildman–Crippen MR) is 100 cm³/mol. The van der Waals surface area contributed by atoms with Crippen molar-refractivity contribution in [3.05, 3.63) is 34.9 Å². The van der Waals surface area contributed by atoms with Gasteiger partial charge < -0.3 is 9.64 Å². The van der Waals surface area contributed by atoms with Crippen LogP contribution in [0.2, 0.25) is 0 Å². The van der Waals surface area contributed by atoms with E-state index in [2.05, 4.69) is 63.6 Å². The van der Waals surface area contributed by atoms with Gasteiger partial charge in [-0.05, 0) is 30.2 Å². The maximum absolute atomic E-state index is 9.98. The summed E-state index contributed by atoms with van der Waals surface area (Å²) in [6.45, 7) is 7.00. The van der Waals surface area contributed by atoms with Gasteiger partial charge in [-0.1, -0.05) is 23.8 Å². The lowest BCUT2D eigenvalue weighted by atomic mass is 9.95. The highest BCUT2D eigenvalue weighted by molar-refractivity contribution is 7.20. The Kier molecular flexibility index (Phi) is 4.41. The van der Waals surface area contributed by atoms with Crippen molar-refractivity contribution < 1.29 is 4.74 Å². The second kappa shape index (κ2) is 6.86. The summed E-state index contributed by atoms with van der Waals surface area (Å²) in [5, 5.41) is 25.5. The van der Waals surface area contributed by atoms with Gasteiger partial charge in [-0.3, -0.25) is 0 Å². The molecule has 1 fully saturated rings. The van der Waals surface area contributed by atoms with Gasteiger partial charge in [0.05, 0.1) is 23.7 Å². The van der Waals surface area contributed by atoms with Crippen LogP contribution in [0, 0.1) is 25.2 Å². The molecule has 4 rings (SSSR count). The molecule has 132 valence electrons. The van der Waals surface area contributed by atoms with Gasteiger partial charge in [0.15, 0.2) is 0 Å². The van der Waals surface area contributed by atoms with E-state index in [0.29, 0.717) is 24.6 Å². The Hall–Kier alpha value is -2.76. The van der Waals surface area contributed by atoms with E-state index in [0.717, 1.165) is 39.7 Å². The first-order chi connectivity index (χ1) is 12.7. The minimum Gasteiger partial charge on any atom is -0.378 e. The Morgan fingerprint density at radius 1 is 1.27 bits per heavy atom. The second-order valence-corrected chi connectivity index (χ2v) is 7.25. The van der Waals surface area contributed by atoms with Gasteiger partial charge >= 0.3 is 0 Å². The molecule has 0 radical (unpaired) electrons. The number of benzene rings is 1. The van der Waals surface area contributed by atoms with Crippen molar-refractivity contribution in [2.24, 2.45) is 0 Å². The number of nitrogens with zero attached hydrogens (tertiary/aromatic N) is 5. The highest BCUT2D eigenvalue weighted by Crippen LogP contribution is 2.47. The average molecular weight is 366 g/mol. The fourth-order valence-electron chi connectivity index (χ4n) is 3.28. The maximum Gasteiger partial charge on any atom is 0.215 e. The highest BCUT2D eigenvalue weighted by atomic mass is 32.1. The minimum atomic E-state index is 0.515. The Balaban J connectivity index is 1.95. The number of aryl methyl sites for hydroxylation is 2. The van der Waals surface area contributed by atoms with Crippen molar-refractivity contribution in [1.29, 1.82) is 5.26 Å². The van der Waals surface area contributed by atoms with Crippen LogP contribution in [0.4, 0.5) is 5.00 Å². The van der Waals surface area contributed by atoms with Crippen molar-refractivity contribution >= 4 is 16.3 Å². The van der Waals surface area contributed by atoms with E-state index < -0.39 is 0 Å². The van der Waals surface area contributed by atoms with Crippen molar-refractivity contribution in [2.45, 2.75) is 13.8 Å². The van der Waals surface area contributed by atoms with Crippen LogP contribution >= 0.6 is 11.3 Å². The Morgan fingerprint density at radius 2 is 2.08 bits per heavy atom. The lowest BCUT2D eigenvalue weighted by molar-refractivity contribution is 0.123. The molecule has 1 N–H and O–H groups in total. The Bertz CT molecular complexity index is 966. The number of aromatic nitrogens is 4. The van der Waals surface area contributed by atoms with Gasteiger partial charge in [0.2, 0.25) is 5.82 Å². The number of ether oxygens (including phenoxy) is 1. The molecular formula is C18H18N6OS. The number of nitrogens with one attached hydrogen (secondary N) is 1. The first kappa shape index (κ1) is 16.7. The number of morpholine rings is 1. The van der Waals surface area contributed by atoms with Crippen molar-refractivity contribution in [3.8, 4) is 27.9 Å². The predicted octanol–water partition coefficient (Wildman–Crippen LogP) is 2.92. The van der Waals surface area contributed by atoms with Crippen molar-refractivity contribution in [2.75, 3.05) is 31.2 Å². The third-order valence-electron chi connectivity index (χ3n) is 4.50. The molecule has 8 heteroatoms. The number of rotatable bonds is 3. The quantitative estimate of drug-likeness (QED) is 0.766. The van der Waals surface area contributed by atoms with E-state index in [1.807, 2.05) is 0 Å². The molecule has 0 saturated carbocycles. The molecule has 0 spiro atoms. The number of anilines is 1. The summed E-state index contributed by atoms with van der Waals surface area (Å²) in [5.74, 6) is 0.515. The van der Waals surface area contributed by atoms with Crippen LogP contribution in [-0.4, -0.2) is 46.9 Å². The molecule has 26 heavy (non-hydrogen) atoms. The van der Waals surface area contributed by atoms with E-state index >= 15 is 0 Å². The summed E-state index contributed by atoms with van der Waals surface area (Å²) in [6.07, 6.45) is 0. The number of thiophene rings is 1. The van der Waals surface area contributed by atoms with Crippen LogP contribution in [-0.2, 0) is 4.74 Å². The molecule has 1 aliphatic heterocycles. The fraction of sp³-hybridized carbons (Fsp3) is 0.333. The normalized spacial score (nSPS) is 14.4. The summed E-state index contributed by atoms with van der Waals surface area (Å²) in [6, 6.07) is 8.69. The van der Waals surface area contributed by atoms with Crippen LogP contribution in [0.25, 0.3) is 21.8 Å². The molecular weight excluding hydrogens is 348 g/mol. The van der Waals surface area contributed by atoms with Gasteiger partial charge in [0.1, 0.15) is 11.1 Å². The average Bonchev–Trinajstić information content (AvgIpc) is 3.30. The van der Waals surface area contributed by atoms with Gasteiger partial charge in [-0.2, -0.15) is 10.5 Å².